The molecule has 0 aliphatic rings. The summed E-state index contributed by atoms with van der Waals surface area (Å²) < 4.78 is 1.11. The molecule has 0 amide bonds. The number of hydrogen-bond donors (Lipinski definition) is 0. The predicted molar refractivity (Wildman–Crippen MR) is 73.3 cm³/mol. The first kappa shape index (κ1) is 12.1. The number of rotatable bonds is 3. The second-order valence-corrected chi connectivity index (χ2v) is 6.55. The summed E-state index contributed by atoms with van der Waals surface area (Å²) in [6.07, 6.45) is 1.81. The Bertz CT molecular complexity index is 457. The van der Waals surface area contributed by atoms with Crippen molar-refractivity contribution in [2.75, 3.05) is 0 Å². The van der Waals surface area contributed by atoms with Crippen molar-refractivity contribution in [1.82, 2.24) is 4.98 Å². The minimum Gasteiger partial charge on any atom is -0.261 e. The van der Waals surface area contributed by atoms with Crippen molar-refractivity contribution in [2.45, 2.75) is 18.2 Å². The van der Waals surface area contributed by atoms with Crippen LogP contribution in [-0.4, -0.2) is 4.98 Å². The van der Waals surface area contributed by atoms with Crippen molar-refractivity contribution in [1.29, 1.82) is 0 Å². The Balaban J connectivity index is 2.19. The maximum absolute atomic E-state index is 6.45. The summed E-state index contributed by atoms with van der Waals surface area (Å²) in [5, 5.41) is -0.0220. The standard InChI is InChI=1S/C12H11BrClNS/c1-8(9-4-2-3-7-15-9)12(14)10-5-6-11(13)16-10/h2-8,12H,1H3. The molecule has 0 bridgehead atoms. The van der Waals surface area contributed by atoms with E-state index in [1.54, 1.807) is 17.5 Å². The Hall–Kier alpha value is -0.380. The largest absolute Gasteiger partial charge is 0.261 e. The molecule has 84 valence electrons. The molecule has 2 unspecified atom stereocenters. The molecule has 0 aliphatic carbocycles. The van der Waals surface area contributed by atoms with Gasteiger partial charge >= 0.3 is 0 Å². The summed E-state index contributed by atoms with van der Waals surface area (Å²) >= 11 is 11.6. The Labute approximate surface area is 113 Å². The Morgan fingerprint density at radius 1 is 1.31 bits per heavy atom. The lowest BCUT2D eigenvalue weighted by Gasteiger charge is -2.15. The van der Waals surface area contributed by atoms with Crippen LogP contribution >= 0.6 is 38.9 Å². The van der Waals surface area contributed by atoms with E-state index in [1.807, 2.05) is 24.3 Å². The fraction of sp³-hybridized carbons (Fsp3) is 0.250. The van der Waals surface area contributed by atoms with Crippen molar-refractivity contribution in [2.24, 2.45) is 0 Å². The van der Waals surface area contributed by atoms with E-state index in [9.17, 15) is 0 Å². The maximum Gasteiger partial charge on any atom is 0.0759 e. The quantitative estimate of drug-likeness (QED) is 0.727. The minimum absolute atomic E-state index is 0.0220. The molecule has 0 radical (unpaired) electrons. The highest BCUT2D eigenvalue weighted by atomic mass is 79.9. The number of hydrogen-bond acceptors (Lipinski definition) is 2. The smallest absolute Gasteiger partial charge is 0.0759 e. The molecule has 2 atom stereocenters. The summed E-state index contributed by atoms with van der Waals surface area (Å²) in [7, 11) is 0. The first-order valence-electron chi connectivity index (χ1n) is 4.98. The maximum atomic E-state index is 6.45. The van der Waals surface area contributed by atoms with Gasteiger partial charge in [0.1, 0.15) is 0 Å². The van der Waals surface area contributed by atoms with Crippen LogP contribution in [0.1, 0.15) is 28.8 Å². The van der Waals surface area contributed by atoms with Crippen LogP contribution in [-0.2, 0) is 0 Å². The highest BCUT2D eigenvalue weighted by molar-refractivity contribution is 9.11. The molecule has 2 heterocycles. The molecule has 1 nitrogen and oxygen atoms in total. The van der Waals surface area contributed by atoms with Gasteiger partial charge in [0.05, 0.1) is 9.16 Å². The first-order valence-corrected chi connectivity index (χ1v) is 7.03. The number of thiophene rings is 1. The molecule has 0 aromatic carbocycles. The third-order valence-electron chi connectivity index (χ3n) is 2.46. The van der Waals surface area contributed by atoms with Gasteiger partial charge in [-0.2, -0.15) is 0 Å². The van der Waals surface area contributed by atoms with E-state index < -0.39 is 0 Å². The van der Waals surface area contributed by atoms with E-state index in [4.69, 9.17) is 11.6 Å². The predicted octanol–water partition coefficient (Wildman–Crippen LogP) is 4.99. The molecule has 2 aromatic rings. The van der Waals surface area contributed by atoms with Gasteiger partial charge in [0.25, 0.3) is 0 Å². The van der Waals surface area contributed by atoms with Gasteiger partial charge in [-0.25, -0.2) is 0 Å². The number of alkyl halides is 1. The monoisotopic (exact) mass is 315 g/mol. The summed E-state index contributed by atoms with van der Waals surface area (Å²) in [5.74, 6) is 0.216. The molecular formula is C12H11BrClNS. The molecular weight excluding hydrogens is 306 g/mol. The van der Waals surface area contributed by atoms with Crippen LogP contribution in [0.4, 0.5) is 0 Å². The van der Waals surface area contributed by atoms with Gasteiger partial charge in [-0.15, -0.1) is 22.9 Å². The number of halogens is 2. The van der Waals surface area contributed by atoms with Gasteiger partial charge < -0.3 is 0 Å². The molecule has 2 aromatic heterocycles. The van der Waals surface area contributed by atoms with E-state index in [0.29, 0.717) is 0 Å². The van der Waals surface area contributed by atoms with Crippen LogP contribution in [0.15, 0.2) is 40.3 Å². The zero-order valence-electron chi connectivity index (χ0n) is 8.73. The molecule has 0 aliphatic heterocycles. The molecule has 4 heteroatoms. The molecule has 2 rings (SSSR count). The van der Waals surface area contributed by atoms with Crippen LogP contribution in [0, 0.1) is 0 Å². The van der Waals surface area contributed by atoms with Crippen molar-refractivity contribution >= 4 is 38.9 Å². The van der Waals surface area contributed by atoms with Crippen molar-refractivity contribution < 1.29 is 0 Å². The fourth-order valence-corrected chi connectivity index (χ4v) is 3.36. The SMILES string of the molecule is CC(c1ccccn1)C(Cl)c1ccc(Br)s1. The summed E-state index contributed by atoms with van der Waals surface area (Å²) in [6, 6.07) is 10.0. The lowest BCUT2D eigenvalue weighted by Crippen LogP contribution is -2.02. The summed E-state index contributed by atoms with van der Waals surface area (Å²) in [4.78, 5) is 5.51. The van der Waals surface area contributed by atoms with E-state index in [2.05, 4.69) is 33.9 Å². The van der Waals surface area contributed by atoms with Crippen LogP contribution < -0.4 is 0 Å². The average Bonchev–Trinajstić information content (AvgIpc) is 2.75. The normalized spacial score (nSPS) is 14.7. The molecule has 0 N–H and O–H groups in total. The molecule has 0 saturated heterocycles. The van der Waals surface area contributed by atoms with Crippen LogP contribution in [0.3, 0.4) is 0 Å². The average molecular weight is 317 g/mol. The molecule has 16 heavy (non-hydrogen) atoms. The number of nitrogens with zero attached hydrogens (tertiary/aromatic N) is 1. The van der Waals surface area contributed by atoms with E-state index in [1.165, 1.54) is 4.88 Å². The van der Waals surface area contributed by atoms with Crippen LogP contribution in [0.25, 0.3) is 0 Å². The first-order chi connectivity index (χ1) is 7.68. The molecule has 0 fully saturated rings. The Kier molecular flexibility index (Phi) is 4.00. The van der Waals surface area contributed by atoms with Crippen LogP contribution in [0.2, 0.25) is 0 Å². The van der Waals surface area contributed by atoms with E-state index in [-0.39, 0.29) is 11.3 Å². The van der Waals surface area contributed by atoms with Crippen LogP contribution in [0.5, 0.6) is 0 Å². The van der Waals surface area contributed by atoms with Crippen molar-refractivity contribution in [3.63, 3.8) is 0 Å². The second-order valence-electron chi connectivity index (χ2n) is 3.59. The fourth-order valence-electron chi connectivity index (χ4n) is 1.52. The Morgan fingerprint density at radius 3 is 2.69 bits per heavy atom. The van der Waals surface area contributed by atoms with Gasteiger partial charge in [-0.05, 0) is 40.2 Å². The molecule has 0 saturated carbocycles. The highest BCUT2D eigenvalue weighted by Crippen LogP contribution is 2.39. The summed E-state index contributed by atoms with van der Waals surface area (Å²) in [6.45, 7) is 2.10. The lowest BCUT2D eigenvalue weighted by molar-refractivity contribution is 0.715. The third-order valence-corrected chi connectivity index (χ3v) is 4.91. The van der Waals surface area contributed by atoms with Gasteiger partial charge in [-0.3, -0.25) is 4.98 Å². The lowest BCUT2D eigenvalue weighted by atomic mass is 10.0. The second kappa shape index (κ2) is 5.30. The van der Waals surface area contributed by atoms with E-state index >= 15 is 0 Å². The van der Waals surface area contributed by atoms with Gasteiger partial charge in [0, 0.05) is 22.7 Å². The number of pyridine rings is 1. The Morgan fingerprint density at radius 2 is 2.12 bits per heavy atom. The zero-order chi connectivity index (χ0) is 11.5. The van der Waals surface area contributed by atoms with Crippen molar-refractivity contribution in [3.05, 3.63) is 50.9 Å². The third kappa shape index (κ3) is 2.65. The topological polar surface area (TPSA) is 12.9 Å². The zero-order valence-corrected chi connectivity index (χ0v) is 11.9. The minimum atomic E-state index is -0.0220. The highest BCUT2D eigenvalue weighted by Gasteiger charge is 2.20. The van der Waals surface area contributed by atoms with Gasteiger partial charge in [0.15, 0.2) is 0 Å². The molecule has 0 spiro atoms. The van der Waals surface area contributed by atoms with Crippen molar-refractivity contribution in [3.8, 4) is 0 Å². The van der Waals surface area contributed by atoms with Gasteiger partial charge in [-0.1, -0.05) is 13.0 Å². The summed E-state index contributed by atoms with van der Waals surface area (Å²) in [5.41, 5.74) is 1.03. The number of aromatic nitrogens is 1. The van der Waals surface area contributed by atoms with Gasteiger partial charge in [0.2, 0.25) is 0 Å². The van der Waals surface area contributed by atoms with E-state index in [0.717, 1.165) is 9.48 Å².